The molecule has 1 N–H and O–H groups in total. The maximum Gasteiger partial charge on any atom is 0.226 e. The van der Waals surface area contributed by atoms with Gasteiger partial charge in [-0.1, -0.05) is 25.1 Å². The van der Waals surface area contributed by atoms with Crippen LogP contribution >= 0.6 is 0 Å². The fourth-order valence-corrected chi connectivity index (χ4v) is 2.71. The topological polar surface area (TPSA) is 49.8 Å². The summed E-state index contributed by atoms with van der Waals surface area (Å²) in [7, 11) is 0. The van der Waals surface area contributed by atoms with E-state index in [0.29, 0.717) is 18.9 Å². The smallest absolute Gasteiger partial charge is 0.226 e. The number of benzene rings is 1. The summed E-state index contributed by atoms with van der Waals surface area (Å²) in [4.78, 5) is 14.0. The van der Waals surface area contributed by atoms with Crippen molar-refractivity contribution in [2.24, 2.45) is 5.92 Å². The van der Waals surface area contributed by atoms with Crippen molar-refractivity contribution >= 4 is 5.91 Å². The van der Waals surface area contributed by atoms with Gasteiger partial charge in [0, 0.05) is 6.54 Å². The number of para-hydroxylation sites is 1. The van der Waals surface area contributed by atoms with Gasteiger partial charge >= 0.3 is 0 Å². The first-order valence-corrected chi connectivity index (χ1v) is 7.22. The molecular formula is C16H23NO3. The van der Waals surface area contributed by atoms with Gasteiger partial charge in [-0.2, -0.15) is 0 Å². The van der Waals surface area contributed by atoms with Crippen molar-refractivity contribution in [3.05, 3.63) is 29.8 Å². The number of carbonyl (C=O) groups excluding carboxylic acids is 1. The molecule has 1 fully saturated rings. The van der Waals surface area contributed by atoms with Gasteiger partial charge in [-0.15, -0.1) is 0 Å². The number of amides is 1. The number of hydrogen-bond donors (Lipinski definition) is 1. The lowest BCUT2D eigenvalue weighted by Crippen LogP contribution is -2.40. The van der Waals surface area contributed by atoms with Crippen LogP contribution < -0.4 is 4.74 Å². The standard InChI is InChI=1S/C16H23NO3/c1-12-7-9-17(14(12)11-18)16(19)8-10-20-15-6-4-3-5-13(15)2/h3-6,12,14,18H,7-11H2,1-2H3. The van der Waals surface area contributed by atoms with Gasteiger partial charge in [0.1, 0.15) is 5.75 Å². The van der Waals surface area contributed by atoms with E-state index in [4.69, 9.17) is 4.74 Å². The molecule has 4 nitrogen and oxygen atoms in total. The summed E-state index contributed by atoms with van der Waals surface area (Å²) in [6, 6.07) is 7.76. The molecule has 1 saturated heterocycles. The Morgan fingerprint density at radius 1 is 1.45 bits per heavy atom. The van der Waals surface area contributed by atoms with Crippen molar-refractivity contribution in [3.63, 3.8) is 0 Å². The molecule has 20 heavy (non-hydrogen) atoms. The van der Waals surface area contributed by atoms with E-state index < -0.39 is 0 Å². The number of carbonyl (C=O) groups is 1. The molecule has 2 rings (SSSR count). The zero-order chi connectivity index (χ0) is 14.5. The first-order valence-electron chi connectivity index (χ1n) is 7.22. The molecule has 1 amide bonds. The number of aliphatic hydroxyl groups excluding tert-OH is 1. The Kier molecular flexibility index (Phi) is 5.01. The Labute approximate surface area is 120 Å². The van der Waals surface area contributed by atoms with Crippen LogP contribution in [0, 0.1) is 12.8 Å². The minimum atomic E-state index is -0.0269. The van der Waals surface area contributed by atoms with E-state index >= 15 is 0 Å². The zero-order valence-corrected chi connectivity index (χ0v) is 12.2. The lowest BCUT2D eigenvalue weighted by Gasteiger charge is -2.25. The van der Waals surface area contributed by atoms with Crippen molar-refractivity contribution in [3.8, 4) is 5.75 Å². The normalized spacial score (nSPS) is 22.1. The zero-order valence-electron chi connectivity index (χ0n) is 12.2. The average molecular weight is 277 g/mol. The number of aryl methyl sites for hydroxylation is 1. The van der Waals surface area contributed by atoms with Crippen molar-refractivity contribution in [1.82, 2.24) is 4.90 Å². The van der Waals surface area contributed by atoms with E-state index in [1.807, 2.05) is 31.2 Å². The molecule has 1 aromatic rings. The minimum absolute atomic E-state index is 0.0269. The van der Waals surface area contributed by atoms with Gasteiger partial charge in [0.05, 0.1) is 25.7 Å². The third-order valence-corrected chi connectivity index (χ3v) is 4.06. The largest absolute Gasteiger partial charge is 0.493 e. The fourth-order valence-electron chi connectivity index (χ4n) is 2.71. The second-order valence-electron chi connectivity index (χ2n) is 5.47. The summed E-state index contributed by atoms with van der Waals surface area (Å²) in [5.74, 6) is 1.28. The molecule has 1 aromatic carbocycles. The van der Waals surface area contributed by atoms with Crippen LogP contribution in [0.25, 0.3) is 0 Å². The minimum Gasteiger partial charge on any atom is -0.493 e. The van der Waals surface area contributed by atoms with E-state index in [9.17, 15) is 9.90 Å². The highest BCUT2D eigenvalue weighted by molar-refractivity contribution is 5.77. The van der Waals surface area contributed by atoms with Crippen LogP contribution in [0.15, 0.2) is 24.3 Å². The summed E-state index contributed by atoms with van der Waals surface area (Å²) < 4.78 is 5.65. The maximum absolute atomic E-state index is 12.2. The van der Waals surface area contributed by atoms with Crippen LogP contribution in [0.4, 0.5) is 0 Å². The molecule has 0 radical (unpaired) electrons. The average Bonchev–Trinajstić information content (AvgIpc) is 2.82. The molecule has 1 aliphatic heterocycles. The van der Waals surface area contributed by atoms with Gasteiger partial charge in [0.25, 0.3) is 0 Å². The number of rotatable bonds is 5. The van der Waals surface area contributed by atoms with Gasteiger partial charge in [-0.05, 0) is 30.9 Å². The van der Waals surface area contributed by atoms with Crippen LogP contribution in [-0.4, -0.2) is 41.7 Å². The summed E-state index contributed by atoms with van der Waals surface area (Å²) in [5, 5.41) is 9.37. The monoisotopic (exact) mass is 277 g/mol. The summed E-state index contributed by atoms with van der Waals surface area (Å²) >= 11 is 0. The Balaban J connectivity index is 1.82. The molecule has 1 aliphatic rings. The van der Waals surface area contributed by atoms with Gasteiger partial charge in [-0.3, -0.25) is 4.79 Å². The van der Waals surface area contributed by atoms with Crippen LogP contribution in [-0.2, 0) is 4.79 Å². The lowest BCUT2D eigenvalue weighted by molar-refractivity contribution is -0.133. The number of aliphatic hydroxyl groups is 1. The highest BCUT2D eigenvalue weighted by Crippen LogP contribution is 2.24. The molecule has 0 spiro atoms. The van der Waals surface area contributed by atoms with E-state index in [-0.39, 0.29) is 18.6 Å². The molecule has 0 bridgehead atoms. The Morgan fingerprint density at radius 3 is 2.90 bits per heavy atom. The van der Waals surface area contributed by atoms with Crippen molar-refractivity contribution in [1.29, 1.82) is 0 Å². The Bertz CT molecular complexity index is 461. The maximum atomic E-state index is 12.2. The number of nitrogens with zero attached hydrogens (tertiary/aromatic N) is 1. The van der Waals surface area contributed by atoms with Gasteiger partial charge in [0.15, 0.2) is 0 Å². The van der Waals surface area contributed by atoms with E-state index in [0.717, 1.165) is 24.3 Å². The van der Waals surface area contributed by atoms with Gasteiger partial charge < -0.3 is 14.7 Å². The van der Waals surface area contributed by atoms with Gasteiger partial charge in [-0.25, -0.2) is 0 Å². The molecule has 0 aromatic heterocycles. The van der Waals surface area contributed by atoms with E-state index in [1.165, 1.54) is 0 Å². The van der Waals surface area contributed by atoms with Crippen LogP contribution in [0.2, 0.25) is 0 Å². The van der Waals surface area contributed by atoms with E-state index in [1.54, 1.807) is 4.90 Å². The molecule has 2 unspecified atom stereocenters. The SMILES string of the molecule is Cc1ccccc1OCCC(=O)N1CCC(C)C1CO. The second-order valence-corrected chi connectivity index (χ2v) is 5.47. The van der Waals surface area contributed by atoms with Crippen LogP contribution in [0.1, 0.15) is 25.3 Å². The molecular weight excluding hydrogens is 254 g/mol. The van der Waals surface area contributed by atoms with Crippen LogP contribution in [0.3, 0.4) is 0 Å². The summed E-state index contributed by atoms with van der Waals surface area (Å²) in [6.07, 6.45) is 1.33. The van der Waals surface area contributed by atoms with E-state index in [2.05, 4.69) is 6.92 Å². The lowest BCUT2D eigenvalue weighted by atomic mass is 10.0. The quantitative estimate of drug-likeness (QED) is 0.895. The molecule has 2 atom stereocenters. The van der Waals surface area contributed by atoms with Crippen LogP contribution in [0.5, 0.6) is 5.75 Å². The highest BCUT2D eigenvalue weighted by Gasteiger charge is 2.33. The Hall–Kier alpha value is -1.55. The molecule has 110 valence electrons. The fraction of sp³-hybridized carbons (Fsp3) is 0.562. The molecule has 1 heterocycles. The second kappa shape index (κ2) is 6.75. The highest BCUT2D eigenvalue weighted by atomic mass is 16.5. The van der Waals surface area contributed by atoms with Gasteiger partial charge in [0.2, 0.25) is 5.91 Å². The van der Waals surface area contributed by atoms with Crippen molar-refractivity contribution in [2.75, 3.05) is 19.8 Å². The number of likely N-dealkylation sites (tertiary alicyclic amines) is 1. The molecule has 0 saturated carbocycles. The predicted octanol–water partition coefficient (Wildman–Crippen LogP) is 1.99. The Morgan fingerprint density at radius 2 is 2.20 bits per heavy atom. The summed E-state index contributed by atoms with van der Waals surface area (Å²) in [5.41, 5.74) is 1.07. The number of hydrogen-bond acceptors (Lipinski definition) is 3. The predicted molar refractivity (Wildman–Crippen MR) is 77.7 cm³/mol. The molecule has 0 aliphatic carbocycles. The third kappa shape index (κ3) is 3.31. The summed E-state index contributed by atoms with van der Waals surface area (Å²) in [6.45, 7) is 5.24. The van der Waals surface area contributed by atoms with Crippen molar-refractivity contribution < 1.29 is 14.6 Å². The van der Waals surface area contributed by atoms with Crippen molar-refractivity contribution in [2.45, 2.75) is 32.7 Å². The third-order valence-electron chi connectivity index (χ3n) is 4.06. The number of ether oxygens (including phenoxy) is 1. The molecule has 4 heteroatoms. The first kappa shape index (κ1) is 14.9. The first-order chi connectivity index (χ1) is 9.63.